The zero-order chi connectivity index (χ0) is 15.6. The van der Waals surface area contributed by atoms with Crippen LogP contribution in [0.15, 0.2) is 0 Å². The van der Waals surface area contributed by atoms with Gasteiger partial charge in [-0.25, -0.2) is 0 Å². The number of hydrogen-bond acceptors (Lipinski definition) is 5. The fourth-order valence-corrected chi connectivity index (χ4v) is 2.57. The van der Waals surface area contributed by atoms with Crippen molar-refractivity contribution in [1.82, 2.24) is 15.1 Å². The number of rotatable bonds is 5. The highest BCUT2D eigenvalue weighted by atomic mass is 16.6. The second kappa shape index (κ2) is 6.21. The average molecular weight is 296 g/mol. The van der Waals surface area contributed by atoms with Gasteiger partial charge in [0.15, 0.2) is 0 Å². The first-order chi connectivity index (χ1) is 9.91. The van der Waals surface area contributed by atoms with Crippen molar-refractivity contribution in [3.8, 4) is 0 Å². The number of ether oxygens (including phenoxy) is 1. The lowest BCUT2D eigenvalue weighted by atomic mass is 10.2. The van der Waals surface area contributed by atoms with E-state index in [1.165, 1.54) is 4.68 Å². The van der Waals surface area contributed by atoms with Crippen LogP contribution in [-0.4, -0.2) is 39.9 Å². The molecule has 0 radical (unpaired) electrons. The zero-order valence-corrected chi connectivity index (χ0v) is 12.5. The zero-order valence-electron chi connectivity index (χ0n) is 12.5. The summed E-state index contributed by atoms with van der Waals surface area (Å²) in [5.74, 6) is -0.217. The number of aryl methyl sites for hydroxylation is 1. The molecule has 0 bridgehead atoms. The quantitative estimate of drug-likeness (QED) is 0.651. The second-order valence-electron chi connectivity index (χ2n) is 5.28. The Balaban J connectivity index is 2.05. The molecule has 0 spiro atoms. The third-order valence-corrected chi connectivity index (χ3v) is 3.74. The van der Waals surface area contributed by atoms with Crippen molar-refractivity contribution in [2.75, 3.05) is 13.2 Å². The summed E-state index contributed by atoms with van der Waals surface area (Å²) in [4.78, 5) is 22.7. The van der Waals surface area contributed by atoms with Crippen LogP contribution in [0.2, 0.25) is 0 Å². The third kappa shape index (κ3) is 3.21. The van der Waals surface area contributed by atoms with Crippen LogP contribution in [0.3, 0.4) is 0 Å². The minimum atomic E-state index is -0.598. The molecule has 116 valence electrons. The Hall–Kier alpha value is -1.96. The van der Waals surface area contributed by atoms with Gasteiger partial charge in [-0.2, -0.15) is 5.10 Å². The lowest BCUT2D eigenvalue weighted by molar-refractivity contribution is -0.386. The van der Waals surface area contributed by atoms with E-state index in [1.807, 2.05) is 0 Å². The molecule has 1 aromatic rings. The predicted octanol–water partition coefficient (Wildman–Crippen LogP) is 1.26. The Kier molecular flexibility index (Phi) is 4.56. The van der Waals surface area contributed by atoms with Crippen molar-refractivity contribution in [2.24, 2.45) is 0 Å². The van der Waals surface area contributed by atoms with E-state index in [4.69, 9.17) is 4.74 Å². The van der Waals surface area contributed by atoms with Gasteiger partial charge >= 0.3 is 5.69 Å². The van der Waals surface area contributed by atoms with Crippen LogP contribution in [0.5, 0.6) is 0 Å². The van der Waals surface area contributed by atoms with Crippen molar-refractivity contribution < 1.29 is 14.5 Å². The summed E-state index contributed by atoms with van der Waals surface area (Å²) in [5, 5.41) is 17.9. The largest absolute Gasteiger partial charge is 0.376 e. The van der Waals surface area contributed by atoms with Gasteiger partial charge < -0.3 is 10.1 Å². The van der Waals surface area contributed by atoms with Crippen LogP contribution < -0.4 is 5.32 Å². The van der Waals surface area contributed by atoms with Crippen LogP contribution in [0.1, 0.15) is 37.2 Å². The molecule has 0 saturated carbocycles. The fraction of sp³-hybridized carbons (Fsp3) is 0.692. The Labute approximate surface area is 122 Å². The van der Waals surface area contributed by atoms with E-state index in [-0.39, 0.29) is 17.7 Å². The topological polar surface area (TPSA) is 99.3 Å². The summed E-state index contributed by atoms with van der Waals surface area (Å²) in [7, 11) is 0. The van der Waals surface area contributed by atoms with Gasteiger partial charge in [-0.15, -0.1) is 0 Å². The Morgan fingerprint density at radius 1 is 1.62 bits per heavy atom. The Morgan fingerprint density at radius 3 is 2.86 bits per heavy atom. The molecule has 1 saturated heterocycles. The molecule has 21 heavy (non-hydrogen) atoms. The molecule has 0 unspecified atom stereocenters. The van der Waals surface area contributed by atoms with Gasteiger partial charge in [-0.1, -0.05) is 0 Å². The normalized spacial score (nSPS) is 19.5. The molecule has 8 heteroatoms. The van der Waals surface area contributed by atoms with E-state index < -0.39 is 11.0 Å². The Bertz CT molecular complexity index is 549. The van der Waals surface area contributed by atoms with E-state index in [0.717, 1.165) is 19.4 Å². The number of hydrogen-bond donors (Lipinski definition) is 1. The van der Waals surface area contributed by atoms with Crippen molar-refractivity contribution >= 4 is 11.6 Å². The molecule has 8 nitrogen and oxygen atoms in total. The highest BCUT2D eigenvalue weighted by Gasteiger charge is 2.27. The summed E-state index contributed by atoms with van der Waals surface area (Å²) in [6.07, 6.45) is 2.02. The van der Waals surface area contributed by atoms with Crippen LogP contribution in [0.25, 0.3) is 0 Å². The van der Waals surface area contributed by atoms with Crippen LogP contribution in [-0.2, 0) is 9.53 Å². The van der Waals surface area contributed by atoms with Crippen molar-refractivity contribution in [1.29, 1.82) is 0 Å². The van der Waals surface area contributed by atoms with Crippen molar-refractivity contribution in [2.45, 2.75) is 45.8 Å². The van der Waals surface area contributed by atoms with Gasteiger partial charge in [-0.05, 0) is 33.6 Å². The highest BCUT2D eigenvalue weighted by molar-refractivity contribution is 5.80. The number of nitrogens with one attached hydrogen (secondary N) is 1. The molecule has 0 aromatic carbocycles. The number of nitrogens with zero attached hydrogens (tertiary/aromatic N) is 3. The molecule has 0 aliphatic carbocycles. The first-order valence-corrected chi connectivity index (χ1v) is 7.01. The smallest absolute Gasteiger partial charge is 0.312 e. The maximum absolute atomic E-state index is 12.1. The Morgan fingerprint density at radius 2 is 2.33 bits per heavy atom. The summed E-state index contributed by atoms with van der Waals surface area (Å²) < 4.78 is 6.84. The molecular weight excluding hydrogens is 276 g/mol. The average Bonchev–Trinajstić information content (AvgIpc) is 3.03. The SMILES string of the molecule is Cc1nn([C@@H](C)C(=O)NC[C@@H]2CCCO2)c(C)c1[N+](=O)[O-]. The maximum atomic E-state index is 12.1. The van der Waals surface area contributed by atoms with E-state index in [9.17, 15) is 14.9 Å². The first-order valence-electron chi connectivity index (χ1n) is 7.01. The summed E-state index contributed by atoms with van der Waals surface area (Å²) >= 11 is 0. The molecule has 2 heterocycles. The number of carbonyl (C=O) groups excluding carboxylic acids is 1. The van der Waals surface area contributed by atoms with Crippen LogP contribution >= 0.6 is 0 Å². The number of carbonyl (C=O) groups is 1. The van der Waals surface area contributed by atoms with Gasteiger partial charge in [0.05, 0.1) is 11.0 Å². The van der Waals surface area contributed by atoms with Gasteiger partial charge in [0.25, 0.3) is 0 Å². The van der Waals surface area contributed by atoms with Crippen LogP contribution in [0.4, 0.5) is 5.69 Å². The molecular formula is C13H20N4O4. The van der Waals surface area contributed by atoms with E-state index in [0.29, 0.717) is 17.9 Å². The summed E-state index contributed by atoms with van der Waals surface area (Å²) in [6, 6.07) is -0.598. The van der Waals surface area contributed by atoms with Crippen LogP contribution in [0, 0.1) is 24.0 Å². The molecule has 1 amide bonds. The third-order valence-electron chi connectivity index (χ3n) is 3.74. The first kappa shape index (κ1) is 15.4. The molecule has 1 aliphatic heterocycles. The molecule has 2 atom stereocenters. The monoisotopic (exact) mass is 296 g/mol. The number of aromatic nitrogens is 2. The van der Waals surface area contributed by atoms with E-state index in [2.05, 4.69) is 10.4 Å². The highest BCUT2D eigenvalue weighted by Crippen LogP contribution is 2.24. The minimum absolute atomic E-state index is 0.0335. The molecule has 2 rings (SSSR count). The van der Waals surface area contributed by atoms with Gasteiger partial charge in [-0.3, -0.25) is 19.6 Å². The number of nitro groups is 1. The van der Waals surface area contributed by atoms with Gasteiger partial charge in [0.2, 0.25) is 5.91 Å². The summed E-state index contributed by atoms with van der Waals surface area (Å²) in [5.41, 5.74) is 0.669. The predicted molar refractivity (Wildman–Crippen MR) is 75.1 cm³/mol. The number of amides is 1. The minimum Gasteiger partial charge on any atom is -0.376 e. The van der Waals surface area contributed by atoms with E-state index in [1.54, 1.807) is 20.8 Å². The molecule has 1 aromatic heterocycles. The lowest BCUT2D eigenvalue weighted by Crippen LogP contribution is -2.36. The standard InChI is InChI=1S/C13H20N4O4/c1-8-12(17(19)20)9(2)16(15-8)10(3)13(18)14-7-11-5-4-6-21-11/h10-11H,4-7H2,1-3H3,(H,14,18)/t10-,11-/m0/s1. The van der Waals surface area contributed by atoms with Crippen molar-refractivity contribution in [3.05, 3.63) is 21.5 Å². The van der Waals surface area contributed by atoms with Gasteiger partial charge in [0.1, 0.15) is 17.4 Å². The fourth-order valence-electron chi connectivity index (χ4n) is 2.57. The maximum Gasteiger partial charge on any atom is 0.312 e. The van der Waals surface area contributed by atoms with Gasteiger partial charge in [0, 0.05) is 13.2 Å². The lowest BCUT2D eigenvalue weighted by Gasteiger charge is -2.16. The second-order valence-corrected chi connectivity index (χ2v) is 5.28. The van der Waals surface area contributed by atoms with Crippen molar-refractivity contribution in [3.63, 3.8) is 0 Å². The molecule has 1 N–H and O–H groups in total. The molecule has 1 fully saturated rings. The summed E-state index contributed by atoms with van der Waals surface area (Å²) in [6.45, 7) is 6.04. The molecule has 1 aliphatic rings. The van der Waals surface area contributed by atoms with E-state index >= 15 is 0 Å².